The van der Waals surface area contributed by atoms with Gasteiger partial charge in [-0.25, -0.2) is 0 Å². The van der Waals surface area contributed by atoms with Gasteiger partial charge in [0.25, 0.3) is 0 Å². The maximum atomic E-state index is 11.6. The van der Waals surface area contributed by atoms with Crippen LogP contribution in [0, 0.1) is 5.92 Å². The molecule has 0 heterocycles. The van der Waals surface area contributed by atoms with Crippen LogP contribution < -0.4 is 0 Å². The lowest BCUT2D eigenvalue weighted by Crippen LogP contribution is -2.07. The summed E-state index contributed by atoms with van der Waals surface area (Å²) in [7, 11) is -0.856. The molecule has 0 radical (unpaired) electrons. The Morgan fingerprint density at radius 1 is 1.36 bits per heavy atom. The molecular formula is C9H19O4P. The molecule has 0 aliphatic carbocycles. The predicted molar refractivity (Wildman–Crippen MR) is 56.2 cm³/mol. The fraction of sp³-hybridized carbons (Fsp3) is 0.778. The van der Waals surface area contributed by atoms with Crippen molar-refractivity contribution in [3.8, 4) is 0 Å². The highest BCUT2D eigenvalue weighted by atomic mass is 31.2. The zero-order valence-electron chi connectivity index (χ0n) is 9.14. The van der Waals surface area contributed by atoms with Crippen LogP contribution in [-0.2, 0) is 13.6 Å². The van der Waals surface area contributed by atoms with E-state index in [1.54, 1.807) is 6.08 Å². The van der Waals surface area contributed by atoms with Gasteiger partial charge in [-0.15, -0.1) is 0 Å². The van der Waals surface area contributed by atoms with Crippen molar-refractivity contribution in [2.75, 3.05) is 14.2 Å². The molecule has 0 saturated heterocycles. The first kappa shape index (κ1) is 13.8. The summed E-state index contributed by atoms with van der Waals surface area (Å²) < 4.78 is 20.9. The van der Waals surface area contributed by atoms with Crippen molar-refractivity contribution < 1.29 is 18.7 Å². The Balaban J connectivity index is 4.25. The first-order valence-electron chi connectivity index (χ1n) is 4.52. The highest BCUT2D eigenvalue weighted by molar-refractivity contribution is 7.54. The van der Waals surface area contributed by atoms with Gasteiger partial charge >= 0.3 is 7.60 Å². The van der Waals surface area contributed by atoms with E-state index in [0.717, 1.165) is 6.42 Å². The van der Waals surface area contributed by atoms with Crippen LogP contribution >= 0.6 is 7.60 Å². The van der Waals surface area contributed by atoms with E-state index in [2.05, 4.69) is 22.9 Å². The van der Waals surface area contributed by atoms with Crippen LogP contribution in [0.15, 0.2) is 12.2 Å². The van der Waals surface area contributed by atoms with E-state index in [1.165, 1.54) is 20.3 Å². The van der Waals surface area contributed by atoms with E-state index >= 15 is 0 Å². The maximum Gasteiger partial charge on any atom is 0.362 e. The number of hydrogen-bond donors (Lipinski definition) is 1. The minimum absolute atomic E-state index is 0.503. The van der Waals surface area contributed by atoms with Crippen LogP contribution in [0.4, 0.5) is 0 Å². The molecule has 84 valence electrons. The van der Waals surface area contributed by atoms with Gasteiger partial charge in [-0.3, -0.25) is 4.57 Å². The lowest BCUT2D eigenvalue weighted by molar-refractivity contribution is 0.200. The number of allylic oxidation sites excluding steroid dienone is 1. The quantitative estimate of drug-likeness (QED) is 0.553. The molecule has 0 aromatic heterocycles. The lowest BCUT2D eigenvalue weighted by Gasteiger charge is -2.16. The van der Waals surface area contributed by atoms with Crippen molar-refractivity contribution in [2.45, 2.75) is 26.1 Å². The van der Waals surface area contributed by atoms with Gasteiger partial charge < -0.3 is 14.2 Å². The van der Waals surface area contributed by atoms with Gasteiger partial charge in [0, 0.05) is 14.2 Å². The molecule has 0 fully saturated rings. The Bertz CT molecular complexity index is 217. The van der Waals surface area contributed by atoms with E-state index in [0.29, 0.717) is 5.92 Å². The van der Waals surface area contributed by atoms with Crippen molar-refractivity contribution in [3.63, 3.8) is 0 Å². The fourth-order valence-corrected chi connectivity index (χ4v) is 1.78. The topological polar surface area (TPSA) is 55.8 Å². The summed E-state index contributed by atoms with van der Waals surface area (Å²) in [4.78, 5) is 0. The molecule has 1 N–H and O–H groups in total. The Hall–Kier alpha value is -0.150. The van der Waals surface area contributed by atoms with Crippen LogP contribution in [-0.4, -0.2) is 25.2 Å². The van der Waals surface area contributed by atoms with E-state index in [-0.39, 0.29) is 0 Å². The van der Waals surface area contributed by atoms with Crippen LogP contribution in [0.25, 0.3) is 0 Å². The standard InChI is InChI=1S/C9H19O4P/c1-8(2)6-5-7-9(10)14(11,12-3)13-4/h5,7-10H,6H2,1-4H3/b7-5+. The monoisotopic (exact) mass is 222 g/mol. The van der Waals surface area contributed by atoms with E-state index in [1.807, 2.05) is 0 Å². The van der Waals surface area contributed by atoms with Gasteiger partial charge in [0.2, 0.25) is 0 Å². The summed E-state index contributed by atoms with van der Waals surface area (Å²) in [5, 5.41) is 9.48. The molecule has 0 aromatic carbocycles. The van der Waals surface area contributed by atoms with Crippen LogP contribution in [0.2, 0.25) is 0 Å². The maximum absolute atomic E-state index is 11.6. The zero-order chi connectivity index (χ0) is 11.2. The molecule has 0 bridgehead atoms. The van der Waals surface area contributed by atoms with E-state index < -0.39 is 13.4 Å². The van der Waals surface area contributed by atoms with Crippen LogP contribution in [0.5, 0.6) is 0 Å². The highest BCUT2D eigenvalue weighted by Gasteiger charge is 2.29. The summed E-state index contributed by atoms with van der Waals surface area (Å²) in [6, 6.07) is 0. The Kier molecular flexibility index (Phi) is 6.29. The number of aliphatic hydroxyl groups is 1. The van der Waals surface area contributed by atoms with Gasteiger partial charge in [0.15, 0.2) is 5.85 Å². The summed E-state index contributed by atoms with van der Waals surface area (Å²) >= 11 is 0. The molecule has 1 unspecified atom stereocenters. The third-order valence-electron chi connectivity index (χ3n) is 1.75. The molecule has 1 atom stereocenters. The average molecular weight is 222 g/mol. The fourth-order valence-electron chi connectivity index (χ4n) is 0.868. The minimum Gasteiger partial charge on any atom is -0.377 e. The van der Waals surface area contributed by atoms with Crippen LogP contribution in [0.3, 0.4) is 0 Å². The average Bonchev–Trinajstić information content (AvgIpc) is 2.15. The minimum atomic E-state index is -3.36. The molecule has 0 aromatic rings. The van der Waals surface area contributed by atoms with Gasteiger partial charge in [-0.2, -0.15) is 0 Å². The summed E-state index contributed by atoms with van der Waals surface area (Å²) in [5.41, 5.74) is 0. The molecule has 0 rings (SSSR count). The number of hydrogen-bond acceptors (Lipinski definition) is 4. The predicted octanol–water partition coefficient (Wildman–Crippen LogP) is 2.39. The Labute approximate surface area is 85.5 Å². The second-order valence-electron chi connectivity index (χ2n) is 3.38. The van der Waals surface area contributed by atoms with Gasteiger partial charge in [0.05, 0.1) is 0 Å². The molecule has 4 nitrogen and oxygen atoms in total. The zero-order valence-corrected chi connectivity index (χ0v) is 10.0. The van der Waals surface area contributed by atoms with Crippen molar-refractivity contribution in [2.24, 2.45) is 5.92 Å². The van der Waals surface area contributed by atoms with Crippen LogP contribution in [0.1, 0.15) is 20.3 Å². The SMILES string of the molecule is COP(=O)(OC)C(O)/C=C/CC(C)C. The molecule has 14 heavy (non-hydrogen) atoms. The molecule has 0 saturated carbocycles. The highest BCUT2D eigenvalue weighted by Crippen LogP contribution is 2.50. The first-order chi connectivity index (χ1) is 6.46. The van der Waals surface area contributed by atoms with Crippen molar-refractivity contribution in [1.29, 1.82) is 0 Å². The molecule has 0 spiro atoms. The Morgan fingerprint density at radius 2 is 1.86 bits per heavy atom. The third-order valence-corrected chi connectivity index (χ3v) is 3.59. The molecule has 5 heteroatoms. The molecular weight excluding hydrogens is 203 g/mol. The second kappa shape index (κ2) is 6.36. The van der Waals surface area contributed by atoms with E-state index in [4.69, 9.17) is 0 Å². The largest absolute Gasteiger partial charge is 0.377 e. The molecule has 0 amide bonds. The van der Waals surface area contributed by atoms with Crippen molar-refractivity contribution in [3.05, 3.63) is 12.2 Å². The lowest BCUT2D eigenvalue weighted by atomic mass is 10.1. The third kappa shape index (κ3) is 4.38. The van der Waals surface area contributed by atoms with Crippen molar-refractivity contribution in [1.82, 2.24) is 0 Å². The number of aliphatic hydroxyl groups excluding tert-OH is 1. The number of rotatable bonds is 6. The summed E-state index contributed by atoms with van der Waals surface area (Å²) in [6.45, 7) is 4.12. The molecule has 0 aliphatic rings. The normalized spacial score (nSPS) is 15.3. The second-order valence-corrected chi connectivity index (χ2v) is 5.72. The van der Waals surface area contributed by atoms with Gasteiger partial charge in [-0.1, -0.05) is 19.9 Å². The summed E-state index contributed by atoms with van der Waals surface area (Å²) in [6.07, 6.45) is 4.05. The molecule has 0 aliphatic heterocycles. The smallest absolute Gasteiger partial charge is 0.362 e. The van der Waals surface area contributed by atoms with E-state index in [9.17, 15) is 9.67 Å². The van der Waals surface area contributed by atoms with Gasteiger partial charge in [-0.05, 0) is 18.4 Å². The Morgan fingerprint density at radius 3 is 2.21 bits per heavy atom. The van der Waals surface area contributed by atoms with Crippen molar-refractivity contribution >= 4 is 7.60 Å². The van der Waals surface area contributed by atoms with Gasteiger partial charge in [0.1, 0.15) is 0 Å². The first-order valence-corrected chi connectivity index (χ1v) is 6.13. The summed E-state index contributed by atoms with van der Waals surface area (Å²) in [5.74, 6) is -0.681.